The van der Waals surface area contributed by atoms with Crippen molar-refractivity contribution in [3.63, 3.8) is 0 Å². The van der Waals surface area contributed by atoms with Crippen molar-refractivity contribution in [2.45, 2.75) is 6.42 Å². The molecule has 1 amide bonds. The Labute approximate surface area is 121 Å². The van der Waals surface area contributed by atoms with E-state index in [-0.39, 0.29) is 22.8 Å². The van der Waals surface area contributed by atoms with Crippen LogP contribution >= 0.6 is 0 Å². The first kappa shape index (κ1) is 14.5. The number of aromatic carboxylic acids is 1. The molecule has 0 atom stereocenters. The minimum atomic E-state index is -0.966. The number of carboxylic acids is 1. The molecule has 21 heavy (non-hydrogen) atoms. The lowest BCUT2D eigenvalue weighted by Gasteiger charge is -2.06. The number of aromatic nitrogens is 1. The van der Waals surface area contributed by atoms with Gasteiger partial charge in [-0.15, -0.1) is 0 Å². The summed E-state index contributed by atoms with van der Waals surface area (Å²) >= 11 is 0. The molecule has 2 aromatic rings. The smallest absolute Gasteiger partial charge is 0.335 e. The highest BCUT2D eigenvalue weighted by molar-refractivity contribution is 5.94. The molecule has 6 nitrogen and oxygen atoms in total. The Morgan fingerprint density at radius 1 is 1.10 bits per heavy atom. The van der Waals surface area contributed by atoms with Crippen LogP contribution in [0.4, 0.5) is 0 Å². The van der Waals surface area contributed by atoms with Crippen molar-refractivity contribution < 1.29 is 19.8 Å². The number of nitrogens with one attached hydrogen (secondary N) is 1. The third-order valence-corrected chi connectivity index (χ3v) is 2.89. The fraction of sp³-hybridized carbons (Fsp3) is 0.133. The van der Waals surface area contributed by atoms with Crippen LogP contribution < -0.4 is 5.32 Å². The van der Waals surface area contributed by atoms with Gasteiger partial charge < -0.3 is 15.5 Å². The molecule has 6 heteroatoms. The van der Waals surface area contributed by atoms with Crippen LogP contribution in [0.15, 0.2) is 42.7 Å². The molecule has 1 aromatic heterocycles. The van der Waals surface area contributed by atoms with Gasteiger partial charge in [0.1, 0.15) is 5.75 Å². The Morgan fingerprint density at radius 2 is 1.81 bits per heavy atom. The molecule has 0 fully saturated rings. The summed E-state index contributed by atoms with van der Waals surface area (Å²) in [6.45, 7) is 0.404. The number of pyridine rings is 1. The molecule has 2 rings (SSSR count). The van der Waals surface area contributed by atoms with Gasteiger partial charge in [-0.1, -0.05) is 12.1 Å². The lowest BCUT2D eigenvalue weighted by molar-refractivity contribution is 0.0696. The molecular weight excluding hydrogens is 272 g/mol. The number of benzene rings is 1. The average molecular weight is 286 g/mol. The van der Waals surface area contributed by atoms with E-state index < -0.39 is 5.97 Å². The van der Waals surface area contributed by atoms with Gasteiger partial charge in [0.25, 0.3) is 5.91 Å². The number of nitrogens with zero attached hydrogens (tertiary/aromatic N) is 1. The molecule has 108 valence electrons. The average Bonchev–Trinajstić information content (AvgIpc) is 2.47. The number of carbonyl (C=O) groups excluding carboxylic acids is 1. The molecule has 0 radical (unpaired) electrons. The number of rotatable bonds is 5. The minimum absolute atomic E-state index is 0.0630. The van der Waals surface area contributed by atoms with Crippen LogP contribution in [0, 0.1) is 0 Å². The zero-order valence-corrected chi connectivity index (χ0v) is 11.1. The SMILES string of the molecule is O=C(O)c1ccc(CCNC(=O)c2cncc(O)c2)cc1. The number of hydrogen-bond acceptors (Lipinski definition) is 4. The number of amides is 1. The molecule has 1 aromatic carbocycles. The molecule has 0 saturated heterocycles. The molecule has 0 spiro atoms. The quantitative estimate of drug-likeness (QED) is 0.772. The third kappa shape index (κ3) is 4.04. The molecule has 0 unspecified atom stereocenters. The molecular formula is C15H14N2O4. The zero-order chi connectivity index (χ0) is 15.2. The van der Waals surface area contributed by atoms with Crippen LogP contribution in [0.25, 0.3) is 0 Å². The van der Waals surface area contributed by atoms with Crippen LogP contribution in [0.1, 0.15) is 26.3 Å². The highest BCUT2D eigenvalue weighted by Gasteiger charge is 2.06. The van der Waals surface area contributed by atoms with E-state index in [4.69, 9.17) is 5.11 Å². The largest absolute Gasteiger partial charge is 0.506 e. The Balaban J connectivity index is 1.86. The summed E-state index contributed by atoms with van der Waals surface area (Å²) < 4.78 is 0. The number of carboxylic acid groups (broad SMARTS) is 1. The van der Waals surface area contributed by atoms with Crippen molar-refractivity contribution in [2.24, 2.45) is 0 Å². The molecule has 0 saturated carbocycles. The van der Waals surface area contributed by atoms with Crippen LogP contribution in [0.5, 0.6) is 5.75 Å². The fourth-order valence-electron chi connectivity index (χ4n) is 1.79. The topological polar surface area (TPSA) is 99.5 Å². The predicted molar refractivity (Wildman–Crippen MR) is 75.3 cm³/mol. The van der Waals surface area contributed by atoms with Crippen molar-refractivity contribution in [1.29, 1.82) is 0 Å². The van der Waals surface area contributed by atoms with E-state index in [1.165, 1.54) is 30.6 Å². The first-order valence-electron chi connectivity index (χ1n) is 6.31. The Kier molecular flexibility index (Phi) is 4.50. The Bertz CT molecular complexity index is 653. The molecule has 0 aliphatic heterocycles. The summed E-state index contributed by atoms with van der Waals surface area (Å²) in [5, 5.41) is 20.7. The monoisotopic (exact) mass is 286 g/mol. The van der Waals surface area contributed by atoms with Crippen molar-refractivity contribution in [3.8, 4) is 5.75 Å². The number of carbonyl (C=O) groups is 2. The van der Waals surface area contributed by atoms with Crippen LogP contribution in [0.3, 0.4) is 0 Å². The van der Waals surface area contributed by atoms with E-state index in [9.17, 15) is 14.7 Å². The summed E-state index contributed by atoms with van der Waals surface area (Å²) in [5.41, 5.74) is 1.44. The standard InChI is InChI=1S/C15H14N2O4/c18-13-7-12(8-16-9-13)14(19)17-6-5-10-1-3-11(4-2-10)15(20)21/h1-4,7-9,18H,5-6H2,(H,17,19)(H,20,21). The summed E-state index contributed by atoms with van der Waals surface area (Å²) in [7, 11) is 0. The summed E-state index contributed by atoms with van der Waals surface area (Å²) in [6, 6.07) is 7.82. The number of hydrogen-bond donors (Lipinski definition) is 3. The van der Waals surface area contributed by atoms with E-state index in [1.54, 1.807) is 12.1 Å². The third-order valence-electron chi connectivity index (χ3n) is 2.89. The molecule has 0 aliphatic rings. The van der Waals surface area contributed by atoms with E-state index in [1.807, 2.05) is 0 Å². The summed E-state index contributed by atoms with van der Waals surface area (Å²) in [4.78, 5) is 26.2. The molecule has 1 heterocycles. The second-order valence-electron chi connectivity index (χ2n) is 4.44. The molecule has 0 bridgehead atoms. The maximum Gasteiger partial charge on any atom is 0.335 e. The van der Waals surface area contributed by atoms with E-state index in [2.05, 4.69) is 10.3 Å². The lowest BCUT2D eigenvalue weighted by atomic mass is 10.1. The van der Waals surface area contributed by atoms with E-state index in [0.717, 1.165) is 5.56 Å². The maximum absolute atomic E-state index is 11.8. The highest BCUT2D eigenvalue weighted by Crippen LogP contribution is 2.08. The number of aromatic hydroxyl groups is 1. The van der Waals surface area contributed by atoms with Gasteiger partial charge in [0.2, 0.25) is 0 Å². The van der Waals surface area contributed by atoms with Gasteiger partial charge in [-0.25, -0.2) is 4.79 Å². The van der Waals surface area contributed by atoms with Crippen molar-refractivity contribution >= 4 is 11.9 Å². The second kappa shape index (κ2) is 6.51. The van der Waals surface area contributed by atoms with Crippen LogP contribution in [-0.2, 0) is 6.42 Å². The van der Waals surface area contributed by atoms with Crippen molar-refractivity contribution in [3.05, 3.63) is 59.4 Å². The predicted octanol–water partition coefficient (Wildman–Crippen LogP) is 1.46. The Hall–Kier alpha value is -2.89. The van der Waals surface area contributed by atoms with Crippen molar-refractivity contribution in [1.82, 2.24) is 10.3 Å². The zero-order valence-electron chi connectivity index (χ0n) is 11.1. The molecule has 3 N–H and O–H groups in total. The highest BCUT2D eigenvalue weighted by atomic mass is 16.4. The van der Waals surface area contributed by atoms with Gasteiger partial charge in [0, 0.05) is 12.7 Å². The van der Waals surface area contributed by atoms with Gasteiger partial charge in [0.05, 0.1) is 17.3 Å². The summed E-state index contributed by atoms with van der Waals surface area (Å²) in [5.74, 6) is -1.35. The Morgan fingerprint density at radius 3 is 2.43 bits per heavy atom. The lowest BCUT2D eigenvalue weighted by Crippen LogP contribution is -2.25. The fourth-order valence-corrected chi connectivity index (χ4v) is 1.79. The summed E-state index contributed by atoms with van der Waals surface area (Å²) in [6.07, 6.45) is 3.20. The van der Waals surface area contributed by atoms with E-state index >= 15 is 0 Å². The van der Waals surface area contributed by atoms with Gasteiger partial charge in [-0.3, -0.25) is 9.78 Å². The molecule has 0 aliphatic carbocycles. The van der Waals surface area contributed by atoms with Gasteiger partial charge in [-0.05, 0) is 30.2 Å². The van der Waals surface area contributed by atoms with Crippen LogP contribution in [-0.4, -0.2) is 33.6 Å². The van der Waals surface area contributed by atoms with E-state index in [0.29, 0.717) is 13.0 Å². The van der Waals surface area contributed by atoms with Gasteiger partial charge >= 0.3 is 5.97 Å². The maximum atomic E-state index is 11.8. The van der Waals surface area contributed by atoms with Crippen molar-refractivity contribution in [2.75, 3.05) is 6.54 Å². The van der Waals surface area contributed by atoms with Crippen LogP contribution in [0.2, 0.25) is 0 Å². The van der Waals surface area contributed by atoms with Gasteiger partial charge in [-0.2, -0.15) is 0 Å². The minimum Gasteiger partial charge on any atom is -0.506 e. The normalized spacial score (nSPS) is 10.1. The first-order valence-corrected chi connectivity index (χ1v) is 6.31. The first-order chi connectivity index (χ1) is 10.1. The second-order valence-corrected chi connectivity index (χ2v) is 4.44. The van der Waals surface area contributed by atoms with Gasteiger partial charge in [0.15, 0.2) is 0 Å².